The molecule has 2 rings (SSSR count). The molecule has 0 aliphatic carbocycles. The minimum atomic E-state index is -1.21. The lowest BCUT2D eigenvalue weighted by Gasteiger charge is -2.21. The van der Waals surface area contributed by atoms with Gasteiger partial charge in [-0.05, 0) is 32.4 Å². The van der Waals surface area contributed by atoms with E-state index in [-0.39, 0.29) is 12.5 Å². The zero-order chi connectivity index (χ0) is 15.3. The Morgan fingerprint density at radius 2 is 2.33 bits per heavy atom. The number of aliphatic hydroxyl groups is 1. The SMILES string of the molecule is Cc1ccc(C(C)(O)CNC(=O)CCCn2cncn2)o1. The molecule has 0 aliphatic heterocycles. The van der Waals surface area contributed by atoms with E-state index in [9.17, 15) is 9.90 Å². The van der Waals surface area contributed by atoms with E-state index in [1.807, 2.05) is 6.92 Å². The summed E-state index contributed by atoms with van der Waals surface area (Å²) >= 11 is 0. The Bertz CT molecular complexity index is 575. The molecule has 0 radical (unpaired) electrons. The smallest absolute Gasteiger partial charge is 0.220 e. The van der Waals surface area contributed by atoms with Crippen molar-refractivity contribution in [1.29, 1.82) is 0 Å². The van der Waals surface area contributed by atoms with E-state index in [2.05, 4.69) is 15.4 Å². The number of aryl methyl sites for hydroxylation is 2. The van der Waals surface area contributed by atoms with Crippen molar-refractivity contribution in [3.05, 3.63) is 36.3 Å². The molecule has 1 unspecified atom stereocenters. The van der Waals surface area contributed by atoms with Gasteiger partial charge in [0.15, 0.2) is 0 Å². The van der Waals surface area contributed by atoms with Gasteiger partial charge in [0.2, 0.25) is 5.91 Å². The summed E-state index contributed by atoms with van der Waals surface area (Å²) in [7, 11) is 0. The number of furan rings is 1. The van der Waals surface area contributed by atoms with Crippen LogP contribution in [0.3, 0.4) is 0 Å². The van der Waals surface area contributed by atoms with Gasteiger partial charge in [-0.25, -0.2) is 4.98 Å². The molecule has 2 aromatic heterocycles. The van der Waals surface area contributed by atoms with E-state index in [0.29, 0.717) is 25.1 Å². The van der Waals surface area contributed by atoms with E-state index < -0.39 is 5.60 Å². The van der Waals surface area contributed by atoms with Gasteiger partial charge < -0.3 is 14.8 Å². The van der Waals surface area contributed by atoms with Gasteiger partial charge in [0.1, 0.15) is 29.8 Å². The van der Waals surface area contributed by atoms with Crippen LogP contribution >= 0.6 is 0 Å². The van der Waals surface area contributed by atoms with Gasteiger partial charge in [0, 0.05) is 13.0 Å². The lowest BCUT2D eigenvalue weighted by atomic mass is 10.0. The monoisotopic (exact) mass is 292 g/mol. The molecular formula is C14H20N4O3. The van der Waals surface area contributed by atoms with Gasteiger partial charge in [0.05, 0.1) is 6.54 Å². The lowest BCUT2D eigenvalue weighted by Crippen LogP contribution is -2.38. The average Bonchev–Trinajstić information content (AvgIpc) is 3.08. The number of hydrogen-bond acceptors (Lipinski definition) is 5. The average molecular weight is 292 g/mol. The summed E-state index contributed by atoms with van der Waals surface area (Å²) in [5, 5.41) is 17.0. The molecule has 2 aromatic rings. The first kappa shape index (κ1) is 15.2. The van der Waals surface area contributed by atoms with Crippen LogP contribution in [0, 0.1) is 6.92 Å². The minimum Gasteiger partial charge on any atom is -0.463 e. The fourth-order valence-electron chi connectivity index (χ4n) is 1.92. The van der Waals surface area contributed by atoms with Crippen LogP contribution in [0.15, 0.2) is 29.2 Å². The number of nitrogens with zero attached hydrogens (tertiary/aromatic N) is 3. The summed E-state index contributed by atoms with van der Waals surface area (Å²) in [5.41, 5.74) is -1.21. The van der Waals surface area contributed by atoms with Crippen LogP contribution in [0.5, 0.6) is 0 Å². The van der Waals surface area contributed by atoms with Gasteiger partial charge >= 0.3 is 0 Å². The topological polar surface area (TPSA) is 93.2 Å². The molecule has 0 fully saturated rings. The number of nitrogens with one attached hydrogen (secondary N) is 1. The number of amides is 1. The summed E-state index contributed by atoms with van der Waals surface area (Å²) in [6.45, 7) is 4.17. The van der Waals surface area contributed by atoms with Gasteiger partial charge in [-0.1, -0.05) is 0 Å². The van der Waals surface area contributed by atoms with Crippen molar-refractivity contribution in [2.45, 2.75) is 38.8 Å². The second-order valence-electron chi connectivity index (χ2n) is 5.22. The van der Waals surface area contributed by atoms with Crippen LogP contribution in [0.4, 0.5) is 0 Å². The summed E-state index contributed by atoms with van der Waals surface area (Å²) in [5.74, 6) is 1.06. The van der Waals surface area contributed by atoms with Crippen molar-refractivity contribution in [2.24, 2.45) is 0 Å². The quantitative estimate of drug-likeness (QED) is 0.793. The van der Waals surface area contributed by atoms with E-state index >= 15 is 0 Å². The Hall–Kier alpha value is -2.15. The second-order valence-corrected chi connectivity index (χ2v) is 5.22. The second kappa shape index (κ2) is 6.53. The Kier molecular flexibility index (Phi) is 4.74. The normalized spacial score (nSPS) is 13.9. The summed E-state index contributed by atoms with van der Waals surface area (Å²) in [6, 6.07) is 3.50. The van der Waals surface area contributed by atoms with Crippen LogP contribution in [0.2, 0.25) is 0 Å². The van der Waals surface area contributed by atoms with Crippen LogP contribution in [0.25, 0.3) is 0 Å². The van der Waals surface area contributed by atoms with Gasteiger partial charge in [-0.2, -0.15) is 5.10 Å². The molecule has 21 heavy (non-hydrogen) atoms. The van der Waals surface area contributed by atoms with Crippen LogP contribution in [-0.4, -0.2) is 32.3 Å². The van der Waals surface area contributed by atoms with Crippen molar-refractivity contribution in [2.75, 3.05) is 6.54 Å². The third-order valence-corrected chi connectivity index (χ3v) is 3.16. The third-order valence-electron chi connectivity index (χ3n) is 3.16. The fraction of sp³-hybridized carbons (Fsp3) is 0.500. The van der Waals surface area contributed by atoms with E-state index in [4.69, 9.17) is 4.42 Å². The first-order chi connectivity index (χ1) is 9.97. The molecule has 7 heteroatoms. The van der Waals surface area contributed by atoms with E-state index in [1.54, 1.807) is 30.1 Å². The van der Waals surface area contributed by atoms with Gasteiger partial charge in [0.25, 0.3) is 0 Å². The van der Waals surface area contributed by atoms with Crippen LogP contribution in [-0.2, 0) is 16.9 Å². The predicted octanol–water partition coefficient (Wildman–Crippen LogP) is 0.984. The number of carbonyl (C=O) groups is 1. The summed E-state index contributed by atoms with van der Waals surface area (Å²) < 4.78 is 7.07. The zero-order valence-electron chi connectivity index (χ0n) is 12.2. The largest absolute Gasteiger partial charge is 0.463 e. The first-order valence-electron chi connectivity index (χ1n) is 6.86. The Labute approximate surface area is 123 Å². The highest BCUT2D eigenvalue weighted by Gasteiger charge is 2.27. The molecule has 0 spiro atoms. The molecule has 0 aliphatic rings. The molecule has 0 saturated carbocycles. The minimum absolute atomic E-state index is 0.112. The molecule has 0 aromatic carbocycles. The van der Waals surface area contributed by atoms with Crippen molar-refractivity contribution in [1.82, 2.24) is 20.1 Å². The molecule has 2 heterocycles. The van der Waals surface area contributed by atoms with Crippen LogP contribution in [0.1, 0.15) is 31.3 Å². The molecule has 114 valence electrons. The van der Waals surface area contributed by atoms with Gasteiger partial charge in [-0.15, -0.1) is 0 Å². The molecule has 1 amide bonds. The maximum absolute atomic E-state index is 11.8. The molecule has 1 atom stereocenters. The maximum atomic E-state index is 11.8. The van der Waals surface area contributed by atoms with Crippen molar-refractivity contribution < 1.29 is 14.3 Å². The number of carbonyl (C=O) groups excluding carboxylic acids is 1. The van der Waals surface area contributed by atoms with Crippen LogP contribution < -0.4 is 5.32 Å². The molecule has 2 N–H and O–H groups in total. The van der Waals surface area contributed by atoms with E-state index in [1.165, 1.54) is 6.33 Å². The molecule has 7 nitrogen and oxygen atoms in total. The van der Waals surface area contributed by atoms with Crippen molar-refractivity contribution >= 4 is 5.91 Å². The Morgan fingerprint density at radius 3 is 2.95 bits per heavy atom. The number of aromatic nitrogens is 3. The van der Waals surface area contributed by atoms with E-state index in [0.717, 1.165) is 5.76 Å². The highest BCUT2D eigenvalue weighted by atomic mass is 16.4. The molecule has 0 bridgehead atoms. The van der Waals surface area contributed by atoms with Gasteiger partial charge in [-0.3, -0.25) is 9.48 Å². The molecular weight excluding hydrogens is 272 g/mol. The standard InChI is InChI=1S/C14H20N4O3/c1-11-5-6-12(21-11)14(2,20)8-16-13(19)4-3-7-18-10-15-9-17-18/h5-6,9-10,20H,3-4,7-8H2,1-2H3,(H,16,19). The molecule has 0 saturated heterocycles. The fourth-order valence-corrected chi connectivity index (χ4v) is 1.92. The van der Waals surface area contributed by atoms with Crippen molar-refractivity contribution in [3.63, 3.8) is 0 Å². The third kappa shape index (κ3) is 4.42. The number of rotatable bonds is 7. The summed E-state index contributed by atoms with van der Waals surface area (Å²) in [4.78, 5) is 15.6. The first-order valence-corrected chi connectivity index (χ1v) is 6.86. The predicted molar refractivity (Wildman–Crippen MR) is 75.3 cm³/mol. The lowest BCUT2D eigenvalue weighted by molar-refractivity contribution is -0.122. The van der Waals surface area contributed by atoms with Crippen molar-refractivity contribution in [3.8, 4) is 0 Å². The number of hydrogen-bond donors (Lipinski definition) is 2. The zero-order valence-corrected chi connectivity index (χ0v) is 12.2. The maximum Gasteiger partial charge on any atom is 0.220 e. The summed E-state index contributed by atoms with van der Waals surface area (Å²) in [6.07, 6.45) is 4.11. The Morgan fingerprint density at radius 1 is 1.52 bits per heavy atom. The highest BCUT2D eigenvalue weighted by Crippen LogP contribution is 2.21. The Balaban J connectivity index is 1.73. The highest BCUT2D eigenvalue weighted by molar-refractivity contribution is 5.75.